The SMILES string of the molecule is COc1cc(C(=O)NC2CCNC(C)C2)ccc1OCc1ccc(Cl)cc1.Cl. The maximum atomic E-state index is 12.6. The van der Waals surface area contributed by atoms with Crippen molar-refractivity contribution in [2.75, 3.05) is 13.7 Å². The van der Waals surface area contributed by atoms with Gasteiger partial charge in [0.05, 0.1) is 7.11 Å². The van der Waals surface area contributed by atoms with Gasteiger partial charge in [-0.1, -0.05) is 23.7 Å². The van der Waals surface area contributed by atoms with E-state index in [4.69, 9.17) is 21.1 Å². The van der Waals surface area contributed by atoms with Crippen molar-refractivity contribution in [3.63, 3.8) is 0 Å². The zero-order valence-corrected chi connectivity index (χ0v) is 17.6. The Morgan fingerprint density at radius 2 is 1.96 bits per heavy atom. The lowest BCUT2D eigenvalue weighted by atomic mass is 10.0. The van der Waals surface area contributed by atoms with Crippen LogP contribution in [0.15, 0.2) is 42.5 Å². The number of ether oxygens (including phenoxy) is 2. The Labute approximate surface area is 177 Å². The molecule has 1 saturated heterocycles. The van der Waals surface area contributed by atoms with Gasteiger partial charge in [-0.05, 0) is 62.2 Å². The van der Waals surface area contributed by atoms with Crippen LogP contribution in [0.5, 0.6) is 11.5 Å². The average Bonchev–Trinajstić information content (AvgIpc) is 2.67. The third kappa shape index (κ3) is 6.03. The summed E-state index contributed by atoms with van der Waals surface area (Å²) in [6.07, 6.45) is 1.88. The lowest BCUT2D eigenvalue weighted by Crippen LogP contribution is -2.46. The first kappa shape index (κ1) is 22.3. The van der Waals surface area contributed by atoms with Crippen LogP contribution in [0.4, 0.5) is 0 Å². The maximum Gasteiger partial charge on any atom is 0.251 e. The molecule has 28 heavy (non-hydrogen) atoms. The summed E-state index contributed by atoms with van der Waals surface area (Å²) in [5.74, 6) is 1.05. The van der Waals surface area contributed by atoms with Crippen molar-refractivity contribution in [2.45, 2.75) is 38.5 Å². The van der Waals surface area contributed by atoms with E-state index in [2.05, 4.69) is 17.6 Å². The van der Waals surface area contributed by atoms with Crippen molar-refractivity contribution in [2.24, 2.45) is 0 Å². The fraction of sp³-hybridized carbons (Fsp3) is 0.381. The Morgan fingerprint density at radius 1 is 1.21 bits per heavy atom. The van der Waals surface area contributed by atoms with Gasteiger partial charge in [0.2, 0.25) is 0 Å². The fourth-order valence-corrected chi connectivity index (χ4v) is 3.33. The molecule has 0 spiro atoms. The first-order valence-corrected chi connectivity index (χ1v) is 9.52. The van der Waals surface area contributed by atoms with Crippen LogP contribution in [0.25, 0.3) is 0 Å². The summed E-state index contributed by atoms with van der Waals surface area (Å²) in [5, 5.41) is 7.19. The molecular weight excluding hydrogens is 399 g/mol. The van der Waals surface area contributed by atoms with Crippen molar-refractivity contribution < 1.29 is 14.3 Å². The van der Waals surface area contributed by atoms with E-state index < -0.39 is 0 Å². The second-order valence-corrected chi connectivity index (χ2v) is 7.27. The topological polar surface area (TPSA) is 59.6 Å². The highest BCUT2D eigenvalue weighted by atomic mass is 35.5. The molecule has 2 atom stereocenters. The molecule has 2 unspecified atom stereocenters. The van der Waals surface area contributed by atoms with Gasteiger partial charge in [0.1, 0.15) is 6.61 Å². The van der Waals surface area contributed by atoms with Crippen molar-refractivity contribution in [3.05, 3.63) is 58.6 Å². The van der Waals surface area contributed by atoms with E-state index in [0.29, 0.717) is 34.7 Å². The molecule has 0 bridgehead atoms. The number of hydrogen-bond acceptors (Lipinski definition) is 4. The van der Waals surface area contributed by atoms with E-state index >= 15 is 0 Å². The van der Waals surface area contributed by atoms with E-state index in [-0.39, 0.29) is 24.4 Å². The molecule has 1 fully saturated rings. The third-order valence-corrected chi connectivity index (χ3v) is 4.94. The first-order valence-electron chi connectivity index (χ1n) is 9.14. The van der Waals surface area contributed by atoms with E-state index in [0.717, 1.165) is 24.9 Å². The molecule has 0 radical (unpaired) electrons. The van der Waals surface area contributed by atoms with Gasteiger partial charge in [-0.2, -0.15) is 0 Å². The Balaban J connectivity index is 0.00000280. The molecule has 2 aromatic carbocycles. The lowest BCUT2D eigenvalue weighted by molar-refractivity contribution is 0.0925. The molecule has 1 aliphatic heterocycles. The Morgan fingerprint density at radius 3 is 2.64 bits per heavy atom. The zero-order chi connectivity index (χ0) is 19.2. The zero-order valence-electron chi connectivity index (χ0n) is 16.0. The summed E-state index contributed by atoms with van der Waals surface area (Å²) in [6, 6.07) is 13.3. The fourth-order valence-electron chi connectivity index (χ4n) is 3.20. The summed E-state index contributed by atoms with van der Waals surface area (Å²) in [4.78, 5) is 12.6. The summed E-state index contributed by atoms with van der Waals surface area (Å²) >= 11 is 5.90. The minimum atomic E-state index is -0.0864. The highest BCUT2D eigenvalue weighted by Crippen LogP contribution is 2.29. The van der Waals surface area contributed by atoms with Crippen LogP contribution >= 0.6 is 24.0 Å². The van der Waals surface area contributed by atoms with Gasteiger partial charge in [0, 0.05) is 22.7 Å². The quantitative estimate of drug-likeness (QED) is 0.728. The minimum absolute atomic E-state index is 0. The van der Waals surface area contributed by atoms with E-state index in [1.165, 1.54) is 0 Å². The molecule has 3 rings (SSSR count). The number of rotatable bonds is 6. The second kappa shape index (κ2) is 10.6. The Hall–Kier alpha value is -1.95. The molecule has 7 heteroatoms. The smallest absolute Gasteiger partial charge is 0.251 e. The Kier molecular flexibility index (Phi) is 8.42. The number of halogens is 2. The highest BCUT2D eigenvalue weighted by molar-refractivity contribution is 6.30. The summed E-state index contributed by atoms with van der Waals surface area (Å²) in [6.45, 7) is 3.45. The molecule has 1 aliphatic rings. The van der Waals surface area contributed by atoms with Gasteiger partial charge in [0.15, 0.2) is 11.5 Å². The minimum Gasteiger partial charge on any atom is -0.493 e. The molecule has 1 heterocycles. The van der Waals surface area contributed by atoms with Crippen LogP contribution in [-0.4, -0.2) is 31.6 Å². The van der Waals surface area contributed by atoms with Gasteiger partial charge in [-0.25, -0.2) is 0 Å². The third-order valence-electron chi connectivity index (χ3n) is 4.69. The van der Waals surface area contributed by atoms with Crippen molar-refractivity contribution in [1.82, 2.24) is 10.6 Å². The standard InChI is InChI=1S/C21H25ClN2O3.ClH/c1-14-11-18(9-10-23-14)24-21(25)16-5-8-19(20(12-16)26-2)27-13-15-3-6-17(22)7-4-15;/h3-8,12,14,18,23H,9-11,13H2,1-2H3,(H,24,25);1H. The number of amides is 1. The van der Waals surface area contributed by atoms with Crippen LogP contribution in [0.1, 0.15) is 35.7 Å². The maximum absolute atomic E-state index is 12.6. The van der Waals surface area contributed by atoms with Gasteiger partial charge >= 0.3 is 0 Å². The van der Waals surface area contributed by atoms with Crippen LogP contribution in [0.2, 0.25) is 5.02 Å². The lowest BCUT2D eigenvalue weighted by Gasteiger charge is -2.28. The van der Waals surface area contributed by atoms with Gasteiger partial charge in [-0.3, -0.25) is 4.79 Å². The number of methoxy groups -OCH3 is 1. The van der Waals surface area contributed by atoms with Crippen LogP contribution in [-0.2, 0) is 6.61 Å². The molecule has 5 nitrogen and oxygen atoms in total. The van der Waals surface area contributed by atoms with Gasteiger partial charge in [-0.15, -0.1) is 12.4 Å². The molecule has 2 aromatic rings. The van der Waals surface area contributed by atoms with Crippen LogP contribution < -0.4 is 20.1 Å². The molecule has 0 aliphatic carbocycles. The number of piperidine rings is 1. The van der Waals surface area contributed by atoms with E-state index in [1.54, 1.807) is 25.3 Å². The van der Waals surface area contributed by atoms with Crippen LogP contribution in [0.3, 0.4) is 0 Å². The molecule has 152 valence electrons. The summed E-state index contributed by atoms with van der Waals surface area (Å²) in [7, 11) is 1.57. The van der Waals surface area contributed by atoms with Crippen LogP contribution in [0, 0.1) is 0 Å². The van der Waals surface area contributed by atoms with E-state index in [9.17, 15) is 4.79 Å². The monoisotopic (exact) mass is 424 g/mol. The average molecular weight is 425 g/mol. The van der Waals surface area contributed by atoms with E-state index in [1.807, 2.05) is 24.3 Å². The second-order valence-electron chi connectivity index (χ2n) is 6.83. The number of nitrogens with one attached hydrogen (secondary N) is 2. The Bertz CT molecular complexity index is 784. The molecule has 0 aromatic heterocycles. The highest BCUT2D eigenvalue weighted by Gasteiger charge is 2.21. The van der Waals surface area contributed by atoms with Gasteiger partial charge in [0.25, 0.3) is 5.91 Å². The molecular formula is C21H26Cl2N2O3. The molecule has 0 saturated carbocycles. The molecule has 2 N–H and O–H groups in total. The van der Waals surface area contributed by atoms with Crippen molar-refractivity contribution in [1.29, 1.82) is 0 Å². The molecule has 1 amide bonds. The predicted octanol–water partition coefficient (Wildman–Crippen LogP) is 4.22. The normalized spacial score (nSPS) is 18.7. The van der Waals surface area contributed by atoms with Gasteiger partial charge < -0.3 is 20.1 Å². The van der Waals surface area contributed by atoms with Crippen molar-refractivity contribution >= 4 is 29.9 Å². The number of carbonyl (C=O) groups is 1. The summed E-state index contributed by atoms with van der Waals surface area (Å²) in [5.41, 5.74) is 1.57. The summed E-state index contributed by atoms with van der Waals surface area (Å²) < 4.78 is 11.3. The van der Waals surface area contributed by atoms with Crippen molar-refractivity contribution in [3.8, 4) is 11.5 Å². The largest absolute Gasteiger partial charge is 0.493 e. The first-order chi connectivity index (χ1) is 13.0. The predicted molar refractivity (Wildman–Crippen MR) is 114 cm³/mol. The number of benzene rings is 2. The number of hydrogen-bond donors (Lipinski definition) is 2. The number of carbonyl (C=O) groups excluding carboxylic acids is 1.